The van der Waals surface area contributed by atoms with Crippen molar-refractivity contribution in [3.63, 3.8) is 0 Å². The third-order valence-electron chi connectivity index (χ3n) is 2.88. The van der Waals surface area contributed by atoms with E-state index in [1.165, 1.54) is 38.5 Å². The maximum atomic E-state index is 5.68. The second-order valence-corrected chi connectivity index (χ2v) is 5.86. The number of hydrogen-bond acceptors (Lipinski definition) is 2. The normalized spacial score (nSPS) is 10.6. The molecule has 0 aliphatic heterocycles. The predicted molar refractivity (Wildman–Crippen MR) is 85.8 cm³/mol. The van der Waals surface area contributed by atoms with Gasteiger partial charge in [-0.25, -0.2) is 0 Å². The highest BCUT2D eigenvalue weighted by Gasteiger charge is 1.94. The minimum absolute atomic E-state index is 0.832. The summed E-state index contributed by atoms with van der Waals surface area (Å²) in [5.41, 5.74) is 0. The molecule has 0 aliphatic rings. The molecule has 0 saturated carbocycles. The van der Waals surface area contributed by atoms with Crippen molar-refractivity contribution in [1.29, 1.82) is 0 Å². The predicted octanol–water partition coefficient (Wildman–Crippen LogP) is 5.49. The van der Waals surface area contributed by atoms with Gasteiger partial charge in [-0.15, -0.1) is 0 Å². The van der Waals surface area contributed by atoms with Gasteiger partial charge < -0.3 is 4.74 Å². The monoisotopic (exact) mass is 330 g/mol. The largest absolute Gasteiger partial charge is 0.494 e. The van der Waals surface area contributed by atoms with Crippen LogP contribution in [0.4, 0.5) is 0 Å². The summed E-state index contributed by atoms with van der Waals surface area (Å²) in [5.74, 6) is 1.99. The summed E-state index contributed by atoms with van der Waals surface area (Å²) in [7, 11) is 0. The molecule has 1 aromatic carbocycles. The molecule has 18 heavy (non-hydrogen) atoms. The molecular weight excluding hydrogens is 308 g/mol. The fourth-order valence-corrected chi connectivity index (χ4v) is 2.31. The second kappa shape index (κ2) is 10.7. The minimum Gasteiger partial charge on any atom is -0.494 e. The summed E-state index contributed by atoms with van der Waals surface area (Å²) in [6, 6.07) is 8.02. The topological polar surface area (TPSA) is 9.23 Å². The van der Waals surface area contributed by atoms with Crippen molar-refractivity contribution in [3.05, 3.63) is 28.7 Å². The lowest BCUT2D eigenvalue weighted by Gasteiger charge is -2.06. The van der Waals surface area contributed by atoms with Crippen LogP contribution in [0.2, 0.25) is 0 Å². The van der Waals surface area contributed by atoms with Crippen LogP contribution in [0.3, 0.4) is 0 Å². The maximum absolute atomic E-state index is 5.68. The molecular formula is C15H23BrOS. The van der Waals surface area contributed by atoms with Gasteiger partial charge in [0, 0.05) is 4.47 Å². The molecule has 102 valence electrons. The van der Waals surface area contributed by atoms with Crippen LogP contribution in [0, 0.1) is 0 Å². The molecule has 0 radical (unpaired) electrons. The van der Waals surface area contributed by atoms with Crippen molar-refractivity contribution in [2.75, 3.05) is 12.4 Å². The molecule has 0 saturated heterocycles. The van der Waals surface area contributed by atoms with Gasteiger partial charge in [0.2, 0.25) is 0 Å². The van der Waals surface area contributed by atoms with Crippen molar-refractivity contribution in [2.24, 2.45) is 0 Å². The standard InChI is InChI=1S/C15H23BrOS/c16-14-8-10-15(11-9-14)17-12-6-4-2-1-3-5-7-13-18/h8-11,18H,1-7,12-13H2. The fourth-order valence-electron chi connectivity index (χ4n) is 1.82. The Labute approximate surface area is 125 Å². The van der Waals surface area contributed by atoms with E-state index in [1.54, 1.807) is 0 Å². The Kier molecular flexibility index (Phi) is 9.49. The van der Waals surface area contributed by atoms with Gasteiger partial charge in [0.1, 0.15) is 5.75 Å². The first-order valence-corrected chi connectivity index (χ1v) is 8.24. The molecule has 0 heterocycles. The number of thiol groups is 1. The van der Waals surface area contributed by atoms with Crippen LogP contribution in [0.25, 0.3) is 0 Å². The second-order valence-electron chi connectivity index (χ2n) is 4.50. The summed E-state index contributed by atoms with van der Waals surface area (Å²) in [4.78, 5) is 0. The summed E-state index contributed by atoms with van der Waals surface area (Å²) in [6.07, 6.45) is 9.06. The van der Waals surface area contributed by atoms with Gasteiger partial charge in [0.05, 0.1) is 6.61 Å². The highest BCUT2D eigenvalue weighted by Crippen LogP contribution is 2.16. The molecule has 1 nitrogen and oxygen atoms in total. The fraction of sp³-hybridized carbons (Fsp3) is 0.600. The Morgan fingerprint density at radius 2 is 1.39 bits per heavy atom. The van der Waals surface area contributed by atoms with E-state index in [1.807, 2.05) is 24.3 Å². The molecule has 0 aromatic heterocycles. The Morgan fingerprint density at radius 3 is 2.00 bits per heavy atom. The van der Waals surface area contributed by atoms with E-state index in [0.717, 1.165) is 29.0 Å². The molecule has 1 aromatic rings. The smallest absolute Gasteiger partial charge is 0.119 e. The van der Waals surface area contributed by atoms with E-state index in [-0.39, 0.29) is 0 Å². The maximum Gasteiger partial charge on any atom is 0.119 e. The number of halogens is 1. The minimum atomic E-state index is 0.832. The van der Waals surface area contributed by atoms with E-state index < -0.39 is 0 Å². The zero-order chi connectivity index (χ0) is 13.1. The van der Waals surface area contributed by atoms with Gasteiger partial charge in [-0.05, 0) is 42.9 Å². The van der Waals surface area contributed by atoms with Crippen LogP contribution in [-0.4, -0.2) is 12.4 Å². The van der Waals surface area contributed by atoms with Crippen molar-refractivity contribution in [2.45, 2.75) is 44.9 Å². The first-order valence-electron chi connectivity index (χ1n) is 6.82. The lowest BCUT2D eigenvalue weighted by molar-refractivity contribution is 0.304. The number of benzene rings is 1. The van der Waals surface area contributed by atoms with Gasteiger partial charge in [0.15, 0.2) is 0 Å². The van der Waals surface area contributed by atoms with Crippen molar-refractivity contribution < 1.29 is 4.74 Å². The first kappa shape index (κ1) is 15.9. The quantitative estimate of drug-likeness (QED) is 0.441. The summed E-state index contributed by atoms with van der Waals surface area (Å²) >= 11 is 7.63. The van der Waals surface area contributed by atoms with E-state index in [9.17, 15) is 0 Å². The molecule has 0 spiro atoms. The summed E-state index contributed by atoms with van der Waals surface area (Å²) in [5, 5.41) is 0. The van der Waals surface area contributed by atoms with Crippen molar-refractivity contribution in [3.8, 4) is 5.75 Å². The highest BCUT2D eigenvalue weighted by atomic mass is 79.9. The van der Waals surface area contributed by atoms with Gasteiger partial charge in [-0.1, -0.05) is 48.0 Å². The average Bonchev–Trinajstić information content (AvgIpc) is 2.39. The molecule has 3 heteroatoms. The van der Waals surface area contributed by atoms with Crippen LogP contribution in [0.1, 0.15) is 44.9 Å². The Hall–Kier alpha value is -0.150. The lowest BCUT2D eigenvalue weighted by atomic mass is 10.1. The van der Waals surface area contributed by atoms with Gasteiger partial charge >= 0.3 is 0 Å². The number of hydrogen-bond donors (Lipinski definition) is 1. The molecule has 0 atom stereocenters. The molecule has 0 N–H and O–H groups in total. The van der Waals surface area contributed by atoms with Crippen LogP contribution >= 0.6 is 28.6 Å². The molecule has 0 fully saturated rings. The molecule has 0 unspecified atom stereocenters. The van der Waals surface area contributed by atoms with E-state index in [4.69, 9.17) is 4.74 Å². The van der Waals surface area contributed by atoms with Crippen LogP contribution in [0.15, 0.2) is 28.7 Å². The highest BCUT2D eigenvalue weighted by molar-refractivity contribution is 9.10. The van der Waals surface area contributed by atoms with Crippen molar-refractivity contribution >= 4 is 28.6 Å². The summed E-state index contributed by atoms with van der Waals surface area (Å²) < 4.78 is 6.77. The number of unbranched alkanes of at least 4 members (excludes halogenated alkanes) is 6. The zero-order valence-electron chi connectivity index (χ0n) is 10.9. The SMILES string of the molecule is SCCCCCCCCCOc1ccc(Br)cc1. The zero-order valence-corrected chi connectivity index (χ0v) is 13.4. The Bertz CT molecular complexity index is 300. The lowest BCUT2D eigenvalue weighted by Crippen LogP contribution is -1.97. The third kappa shape index (κ3) is 8.04. The van der Waals surface area contributed by atoms with Gasteiger partial charge in [-0.2, -0.15) is 12.6 Å². The Balaban J connectivity index is 1.91. The molecule has 0 amide bonds. The number of rotatable bonds is 10. The van der Waals surface area contributed by atoms with E-state index in [0.29, 0.717) is 0 Å². The molecule has 0 aliphatic carbocycles. The van der Waals surface area contributed by atoms with Gasteiger partial charge in [-0.3, -0.25) is 0 Å². The van der Waals surface area contributed by atoms with Crippen molar-refractivity contribution in [1.82, 2.24) is 0 Å². The molecule has 1 rings (SSSR count). The van der Waals surface area contributed by atoms with Gasteiger partial charge in [0.25, 0.3) is 0 Å². The number of ether oxygens (including phenoxy) is 1. The summed E-state index contributed by atoms with van der Waals surface area (Å²) in [6.45, 7) is 0.832. The van der Waals surface area contributed by atoms with Crippen LogP contribution in [-0.2, 0) is 0 Å². The molecule has 0 bridgehead atoms. The third-order valence-corrected chi connectivity index (χ3v) is 3.73. The first-order chi connectivity index (χ1) is 8.83. The van der Waals surface area contributed by atoms with E-state index in [2.05, 4.69) is 28.6 Å². The Morgan fingerprint density at radius 1 is 0.833 bits per heavy atom. The average molecular weight is 331 g/mol. The van der Waals surface area contributed by atoms with Crippen LogP contribution in [0.5, 0.6) is 5.75 Å². The van der Waals surface area contributed by atoms with E-state index >= 15 is 0 Å². The van der Waals surface area contributed by atoms with Crippen LogP contribution < -0.4 is 4.74 Å².